The zero-order valence-electron chi connectivity index (χ0n) is 11.2. The fourth-order valence-corrected chi connectivity index (χ4v) is 2.27. The number of rotatable bonds is 2. The summed E-state index contributed by atoms with van der Waals surface area (Å²) < 4.78 is 5.76. The second-order valence-electron chi connectivity index (χ2n) is 5.03. The number of anilines is 1. The molecule has 1 fully saturated rings. The number of hydrogen-bond acceptors (Lipinski definition) is 5. The fraction of sp³-hybridized carbons (Fsp3) is 0.429. The van der Waals surface area contributed by atoms with Crippen molar-refractivity contribution in [2.24, 2.45) is 0 Å². The Morgan fingerprint density at radius 1 is 1.26 bits per heavy atom. The van der Waals surface area contributed by atoms with E-state index in [2.05, 4.69) is 21.8 Å². The van der Waals surface area contributed by atoms with Gasteiger partial charge in [-0.15, -0.1) is 0 Å². The van der Waals surface area contributed by atoms with E-state index < -0.39 is 0 Å². The minimum atomic E-state index is 0.0473. The summed E-state index contributed by atoms with van der Waals surface area (Å²) in [5, 5.41) is 0. The summed E-state index contributed by atoms with van der Waals surface area (Å²) in [5.41, 5.74) is 2.16. The molecule has 0 bridgehead atoms. The molecule has 1 aromatic carbocycles. The van der Waals surface area contributed by atoms with Crippen molar-refractivity contribution in [3.63, 3.8) is 0 Å². The van der Waals surface area contributed by atoms with Crippen LogP contribution in [0.3, 0.4) is 0 Å². The predicted octanol–water partition coefficient (Wildman–Crippen LogP) is 1.78. The molecule has 0 aliphatic carbocycles. The second-order valence-corrected chi connectivity index (χ2v) is 5.03. The highest BCUT2D eigenvalue weighted by molar-refractivity contribution is 5.97. The minimum Gasteiger partial charge on any atom is -0.423 e. The van der Waals surface area contributed by atoms with Crippen LogP contribution in [0.15, 0.2) is 22.6 Å². The first kappa shape index (κ1) is 12.2. The highest BCUT2D eigenvalue weighted by Crippen LogP contribution is 2.23. The zero-order chi connectivity index (χ0) is 13.4. The Labute approximate surface area is 111 Å². The largest absolute Gasteiger partial charge is 0.423 e. The van der Waals surface area contributed by atoms with E-state index in [0.29, 0.717) is 11.6 Å². The van der Waals surface area contributed by atoms with Gasteiger partial charge in [0.2, 0.25) is 0 Å². The third-order valence-electron chi connectivity index (χ3n) is 3.56. The van der Waals surface area contributed by atoms with E-state index in [0.717, 1.165) is 37.3 Å². The summed E-state index contributed by atoms with van der Waals surface area (Å²) in [6.45, 7) is 5.42. The van der Waals surface area contributed by atoms with Crippen molar-refractivity contribution in [2.75, 3.05) is 38.1 Å². The van der Waals surface area contributed by atoms with E-state index in [4.69, 9.17) is 4.42 Å². The SMILES string of the molecule is CC(=O)c1ccc2oc(N3CCN(C)CC3)nc2c1. The monoisotopic (exact) mass is 259 g/mol. The Morgan fingerprint density at radius 2 is 2.00 bits per heavy atom. The molecule has 0 atom stereocenters. The first-order valence-electron chi connectivity index (χ1n) is 6.48. The number of fused-ring (bicyclic) bond motifs is 1. The molecule has 0 amide bonds. The minimum absolute atomic E-state index is 0.0473. The Morgan fingerprint density at radius 3 is 2.68 bits per heavy atom. The van der Waals surface area contributed by atoms with Gasteiger partial charge in [0.1, 0.15) is 5.52 Å². The topological polar surface area (TPSA) is 49.6 Å². The molecular formula is C14H17N3O2. The molecule has 0 N–H and O–H groups in total. The maximum absolute atomic E-state index is 11.4. The number of oxazole rings is 1. The lowest BCUT2D eigenvalue weighted by Gasteiger charge is -2.31. The molecule has 2 aromatic rings. The summed E-state index contributed by atoms with van der Waals surface area (Å²) >= 11 is 0. The van der Waals surface area contributed by atoms with Gasteiger partial charge in [-0.2, -0.15) is 4.98 Å². The van der Waals surface area contributed by atoms with Crippen LogP contribution >= 0.6 is 0 Å². The smallest absolute Gasteiger partial charge is 0.298 e. The molecule has 100 valence electrons. The molecule has 0 radical (unpaired) electrons. The van der Waals surface area contributed by atoms with Crippen molar-refractivity contribution in [1.29, 1.82) is 0 Å². The third kappa shape index (κ3) is 2.33. The summed E-state index contributed by atoms with van der Waals surface area (Å²) in [6, 6.07) is 6.05. The van der Waals surface area contributed by atoms with Gasteiger partial charge in [-0.1, -0.05) is 0 Å². The number of likely N-dealkylation sites (N-methyl/N-ethyl adjacent to an activating group) is 1. The lowest BCUT2D eigenvalue weighted by atomic mass is 10.1. The summed E-state index contributed by atoms with van der Waals surface area (Å²) in [7, 11) is 2.11. The van der Waals surface area contributed by atoms with E-state index in [1.165, 1.54) is 0 Å². The average Bonchev–Trinajstić information content (AvgIpc) is 2.82. The molecule has 0 unspecified atom stereocenters. The molecule has 1 aromatic heterocycles. The number of ketones is 1. The van der Waals surface area contributed by atoms with Crippen molar-refractivity contribution in [1.82, 2.24) is 9.88 Å². The lowest BCUT2D eigenvalue weighted by Crippen LogP contribution is -2.44. The van der Waals surface area contributed by atoms with Crippen LogP contribution < -0.4 is 4.90 Å². The predicted molar refractivity (Wildman–Crippen MR) is 73.7 cm³/mol. The third-order valence-corrected chi connectivity index (χ3v) is 3.56. The van der Waals surface area contributed by atoms with E-state index >= 15 is 0 Å². The molecule has 19 heavy (non-hydrogen) atoms. The maximum Gasteiger partial charge on any atom is 0.298 e. The van der Waals surface area contributed by atoms with Crippen LogP contribution in [-0.2, 0) is 0 Å². The van der Waals surface area contributed by atoms with Crippen molar-refractivity contribution in [3.05, 3.63) is 23.8 Å². The van der Waals surface area contributed by atoms with Crippen LogP contribution in [-0.4, -0.2) is 48.9 Å². The van der Waals surface area contributed by atoms with Crippen molar-refractivity contribution in [3.8, 4) is 0 Å². The summed E-state index contributed by atoms with van der Waals surface area (Å²) in [5.74, 6) is 0.0473. The molecular weight excluding hydrogens is 242 g/mol. The molecule has 2 heterocycles. The fourth-order valence-electron chi connectivity index (χ4n) is 2.27. The average molecular weight is 259 g/mol. The van der Waals surface area contributed by atoms with Gasteiger partial charge in [0, 0.05) is 31.7 Å². The molecule has 5 nitrogen and oxygen atoms in total. The van der Waals surface area contributed by atoms with Crippen LogP contribution in [0.1, 0.15) is 17.3 Å². The molecule has 0 saturated carbocycles. The van der Waals surface area contributed by atoms with Gasteiger partial charge < -0.3 is 14.2 Å². The van der Waals surface area contributed by atoms with Crippen LogP contribution in [0.2, 0.25) is 0 Å². The highest BCUT2D eigenvalue weighted by Gasteiger charge is 2.19. The van der Waals surface area contributed by atoms with Crippen molar-refractivity contribution >= 4 is 22.9 Å². The molecule has 5 heteroatoms. The van der Waals surface area contributed by atoms with E-state index in [1.54, 1.807) is 19.1 Å². The van der Waals surface area contributed by atoms with Gasteiger partial charge >= 0.3 is 0 Å². The van der Waals surface area contributed by atoms with Crippen molar-refractivity contribution < 1.29 is 9.21 Å². The first-order valence-corrected chi connectivity index (χ1v) is 6.48. The number of Topliss-reactive ketones (excluding diaryl/α,β-unsaturated/α-hetero) is 1. The van der Waals surface area contributed by atoms with Gasteiger partial charge in [0.05, 0.1) is 0 Å². The second kappa shape index (κ2) is 4.66. The maximum atomic E-state index is 11.4. The number of hydrogen-bond donors (Lipinski definition) is 0. The Bertz CT molecular complexity index is 612. The number of nitrogens with zero attached hydrogens (tertiary/aromatic N) is 3. The van der Waals surface area contributed by atoms with Gasteiger partial charge in [-0.25, -0.2) is 0 Å². The molecule has 3 rings (SSSR count). The molecule has 1 aliphatic heterocycles. The van der Waals surface area contributed by atoms with Gasteiger partial charge in [-0.05, 0) is 32.2 Å². The standard InChI is InChI=1S/C14H17N3O2/c1-10(18)11-3-4-13-12(9-11)15-14(19-13)17-7-5-16(2)6-8-17/h3-4,9H,5-8H2,1-2H3. The number of piperazine rings is 1. The highest BCUT2D eigenvalue weighted by atomic mass is 16.4. The van der Waals surface area contributed by atoms with E-state index in [-0.39, 0.29) is 5.78 Å². The zero-order valence-corrected chi connectivity index (χ0v) is 11.2. The van der Waals surface area contributed by atoms with Crippen LogP contribution in [0.25, 0.3) is 11.1 Å². The lowest BCUT2D eigenvalue weighted by molar-refractivity contribution is 0.101. The van der Waals surface area contributed by atoms with Crippen LogP contribution in [0.5, 0.6) is 0 Å². The normalized spacial score (nSPS) is 17.1. The number of carbonyl (C=O) groups is 1. The number of benzene rings is 1. The Hall–Kier alpha value is -1.88. The van der Waals surface area contributed by atoms with Gasteiger partial charge in [0.25, 0.3) is 6.01 Å². The molecule has 1 saturated heterocycles. The quantitative estimate of drug-likeness (QED) is 0.769. The van der Waals surface area contributed by atoms with Crippen molar-refractivity contribution in [2.45, 2.75) is 6.92 Å². The Kier molecular flexibility index (Phi) is 2.98. The van der Waals surface area contributed by atoms with E-state index in [1.807, 2.05) is 6.07 Å². The first-order chi connectivity index (χ1) is 9.13. The summed E-state index contributed by atoms with van der Waals surface area (Å²) in [4.78, 5) is 20.3. The van der Waals surface area contributed by atoms with E-state index in [9.17, 15) is 4.79 Å². The van der Waals surface area contributed by atoms with Crippen LogP contribution in [0, 0.1) is 0 Å². The number of carbonyl (C=O) groups excluding carboxylic acids is 1. The molecule has 1 aliphatic rings. The molecule has 0 spiro atoms. The number of aromatic nitrogens is 1. The Balaban J connectivity index is 1.91. The van der Waals surface area contributed by atoms with Crippen LogP contribution in [0.4, 0.5) is 6.01 Å². The van der Waals surface area contributed by atoms with Gasteiger partial charge in [0.15, 0.2) is 11.4 Å². The summed E-state index contributed by atoms with van der Waals surface area (Å²) in [6.07, 6.45) is 0. The van der Waals surface area contributed by atoms with Gasteiger partial charge in [-0.3, -0.25) is 4.79 Å².